The van der Waals surface area contributed by atoms with E-state index >= 15 is 0 Å². The molecule has 0 aromatic rings. The maximum Gasteiger partial charge on any atom is 0.0679 e. The molecule has 0 aliphatic heterocycles. The van der Waals surface area contributed by atoms with Crippen LogP contribution in [0.4, 0.5) is 0 Å². The van der Waals surface area contributed by atoms with Gasteiger partial charge in [0.1, 0.15) is 0 Å². The van der Waals surface area contributed by atoms with Gasteiger partial charge in [0.25, 0.3) is 0 Å². The molecule has 1 aliphatic rings. The molecule has 0 saturated heterocycles. The summed E-state index contributed by atoms with van der Waals surface area (Å²) in [6.07, 6.45) is 4.17. The summed E-state index contributed by atoms with van der Waals surface area (Å²) in [6.45, 7) is 4.12. The fraction of sp³-hybridized carbons (Fsp3) is 0.750. The van der Waals surface area contributed by atoms with Gasteiger partial charge in [-0.2, -0.15) is 5.10 Å². The molecular formula is C8H15N3. The lowest BCUT2D eigenvalue weighted by Crippen LogP contribution is -2.08. The second kappa shape index (κ2) is 3.51. The van der Waals surface area contributed by atoms with E-state index in [1.54, 1.807) is 6.21 Å². The molecular weight excluding hydrogens is 138 g/mol. The Bertz CT molecular complexity index is 178. The first-order chi connectivity index (χ1) is 5.24. The van der Waals surface area contributed by atoms with E-state index in [2.05, 4.69) is 23.9 Å². The number of hydrogen-bond donors (Lipinski definition) is 1. The Morgan fingerprint density at radius 3 is 2.55 bits per heavy atom. The summed E-state index contributed by atoms with van der Waals surface area (Å²) >= 11 is 0. The molecule has 3 heteroatoms. The van der Waals surface area contributed by atoms with Crippen molar-refractivity contribution in [2.24, 2.45) is 21.9 Å². The zero-order valence-corrected chi connectivity index (χ0v) is 7.12. The molecule has 11 heavy (non-hydrogen) atoms. The number of nitrogens with zero attached hydrogens (tertiary/aromatic N) is 2. The van der Waals surface area contributed by atoms with Crippen LogP contribution in [0, 0.1) is 5.92 Å². The normalized spacial score (nSPS) is 20.1. The van der Waals surface area contributed by atoms with Crippen LogP contribution in [-0.4, -0.2) is 18.0 Å². The first-order valence-corrected chi connectivity index (χ1v) is 4.05. The van der Waals surface area contributed by atoms with Crippen LogP contribution in [-0.2, 0) is 0 Å². The molecule has 2 N–H and O–H groups in total. The number of nitrogens with two attached hydrogens (primary N) is 1. The Labute approximate surface area is 67.4 Å². The monoisotopic (exact) mass is 153 g/mol. The summed E-state index contributed by atoms with van der Waals surface area (Å²) in [5, 5.41) is 3.49. The summed E-state index contributed by atoms with van der Waals surface area (Å²) < 4.78 is 0. The van der Waals surface area contributed by atoms with Crippen LogP contribution in [0.3, 0.4) is 0 Å². The molecule has 0 radical (unpaired) electrons. The van der Waals surface area contributed by atoms with E-state index in [9.17, 15) is 0 Å². The van der Waals surface area contributed by atoms with Crippen molar-refractivity contribution in [1.82, 2.24) is 0 Å². The molecule has 1 rings (SSSR count). The predicted molar refractivity (Wildman–Crippen MR) is 48.0 cm³/mol. The Balaban J connectivity index is 2.57. The Morgan fingerprint density at radius 1 is 1.55 bits per heavy atom. The number of hydrazone groups is 1. The van der Waals surface area contributed by atoms with Gasteiger partial charge in [0.15, 0.2) is 0 Å². The van der Waals surface area contributed by atoms with Crippen molar-refractivity contribution in [1.29, 1.82) is 0 Å². The molecule has 1 aliphatic carbocycles. The molecule has 0 spiro atoms. The molecule has 0 atom stereocenters. The van der Waals surface area contributed by atoms with Gasteiger partial charge in [-0.3, -0.25) is 4.99 Å². The third-order valence-corrected chi connectivity index (χ3v) is 1.61. The predicted octanol–water partition coefficient (Wildman–Crippen LogP) is 1.19. The van der Waals surface area contributed by atoms with Crippen molar-refractivity contribution in [2.45, 2.75) is 32.7 Å². The van der Waals surface area contributed by atoms with Crippen LogP contribution in [0.15, 0.2) is 10.1 Å². The van der Waals surface area contributed by atoms with Crippen LogP contribution in [0.5, 0.6) is 0 Å². The lowest BCUT2D eigenvalue weighted by atomic mass is 10.2. The highest BCUT2D eigenvalue weighted by Gasteiger charge is 2.26. The van der Waals surface area contributed by atoms with Gasteiger partial charge in [-0.25, -0.2) is 0 Å². The molecule has 1 saturated carbocycles. The lowest BCUT2D eigenvalue weighted by molar-refractivity contribution is 0.831. The van der Waals surface area contributed by atoms with Gasteiger partial charge in [-0.15, -0.1) is 0 Å². The largest absolute Gasteiger partial charge is 0.323 e. The standard InChI is InChI=1S/C8H15N3/c1-6(2)11-8(5-10-9)7-3-4-7/h5-7H,3-4,9H2,1-2H3. The van der Waals surface area contributed by atoms with E-state index in [4.69, 9.17) is 5.84 Å². The van der Waals surface area contributed by atoms with Crippen LogP contribution in [0.2, 0.25) is 0 Å². The fourth-order valence-corrected chi connectivity index (χ4v) is 0.998. The second-order valence-electron chi connectivity index (χ2n) is 3.20. The zero-order chi connectivity index (χ0) is 8.27. The second-order valence-corrected chi connectivity index (χ2v) is 3.20. The molecule has 0 heterocycles. The smallest absolute Gasteiger partial charge is 0.0679 e. The van der Waals surface area contributed by atoms with E-state index in [1.807, 2.05) is 0 Å². The van der Waals surface area contributed by atoms with E-state index in [1.165, 1.54) is 12.8 Å². The average Bonchev–Trinajstić information content (AvgIpc) is 2.66. The Hall–Kier alpha value is -0.860. The summed E-state index contributed by atoms with van der Waals surface area (Å²) in [5.41, 5.74) is 1.07. The maximum atomic E-state index is 5.06. The van der Waals surface area contributed by atoms with Crippen molar-refractivity contribution in [3.63, 3.8) is 0 Å². The summed E-state index contributed by atoms with van der Waals surface area (Å²) in [7, 11) is 0. The van der Waals surface area contributed by atoms with Crippen molar-refractivity contribution >= 4 is 11.9 Å². The molecule has 62 valence electrons. The van der Waals surface area contributed by atoms with Crippen LogP contribution < -0.4 is 5.84 Å². The topological polar surface area (TPSA) is 50.7 Å². The first-order valence-electron chi connectivity index (χ1n) is 4.05. The SMILES string of the molecule is CC(C)N=C(C=NN)C1CC1. The van der Waals surface area contributed by atoms with Crippen LogP contribution >= 0.6 is 0 Å². The van der Waals surface area contributed by atoms with Crippen molar-refractivity contribution < 1.29 is 0 Å². The van der Waals surface area contributed by atoms with Crippen LogP contribution in [0.25, 0.3) is 0 Å². The molecule has 0 aromatic carbocycles. The van der Waals surface area contributed by atoms with Crippen molar-refractivity contribution in [3.05, 3.63) is 0 Å². The van der Waals surface area contributed by atoms with E-state index < -0.39 is 0 Å². The molecule has 0 amide bonds. The number of rotatable bonds is 3. The minimum atomic E-state index is 0.351. The lowest BCUT2D eigenvalue weighted by Gasteiger charge is -1.99. The van der Waals surface area contributed by atoms with Crippen LogP contribution in [0.1, 0.15) is 26.7 Å². The minimum absolute atomic E-state index is 0.351. The molecule has 0 unspecified atom stereocenters. The highest BCUT2D eigenvalue weighted by molar-refractivity contribution is 6.32. The number of hydrogen-bond acceptors (Lipinski definition) is 3. The van der Waals surface area contributed by atoms with Gasteiger partial charge in [-0.1, -0.05) is 0 Å². The van der Waals surface area contributed by atoms with Crippen molar-refractivity contribution in [2.75, 3.05) is 0 Å². The van der Waals surface area contributed by atoms with Crippen molar-refractivity contribution in [3.8, 4) is 0 Å². The minimum Gasteiger partial charge on any atom is -0.323 e. The first kappa shape index (κ1) is 8.24. The zero-order valence-electron chi connectivity index (χ0n) is 7.12. The third-order valence-electron chi connectivity index (χ3n) is 1.61. The number of aliphatic imine (C=N–C) groups is 1. The Kier molecular flexibility index (Phi) is 2.63. The molecule has 0 bridgehead atoms. The van der Waals surface area contributed by atoms with E-state index in [0.29, 0.717) is 12.0 Å². The fourth-order valence-electron chi connectivity index (χ4n) is 0.998. The quantitative estimate of drug-likeness (QED) is 0.369. The van der Waals surface area contributed by atoms with Gasteiger partial charge < -0.3 is 5.84 Å². The van der Waals surface area contributed by atoms with Gasteiger partial charge in [0, 0.05) is 12.0 Å². The summed E-state index contributed by atoms with van der Waals surface area (Å²) in [4.78, 5) is 4.42. The summed E-state index contributed by atoms with van der Waals surface area (Å²) in [5.74, 6) is 5.70. The van der Waals surface area contributed by atoms with Gasteiger partial charge in [0.05, 0.1) is 11.9 Å². The van der Waals surface area contributed by atoms with E-state index in [-0.39, 0.29) is 0 Å². The summed E-state index contributed by atoms with van der Waals surface area (Å²) in [6, 6.07) is 0.351. The van der Waals surface area contributed by atoms with E-state index in [0.717, 1.165) is 5.71 Å². The molecule has 1 fully saturated rings. The highest BCUT2D eigenvalue weighted by atomic mass is 15.1. The highest BCUT2D eigenvalue weighted by Crippen LogP contribution is 2.30. The van der Waals surface area contributed by atoms with Gasteiger partial charge in [0.2, 0.25) is 0 Å². The van der Waals surface area contributed by atoms with Gasteiger partial charge >= 0.3 is 0 Å². The van der Waals surface area contributed by atoms with Gasteiger partial charge in [-0.05, 0) is 26.7 Å². The third kappa shape index (κ3) is 2.70. The Morgan fingerprint density at radius 2 is 2.18 bits per heavy atom. The maximum absolute atomic E-state index is 5.06. The molecule has 0 aromatic heterocycles. The average molecular weight is 153 g/mol. The molecule has 3 nitrogen and oxygen atoms in total.